The maximum Gasteiger partial charge on any atom is 0.0464 e. The van der Waals surface area contributed by atoms with Crippen molar-refractivity contribution >= 4 is 87.5 Å². The standard InChI is InChI=1S/C102H98Br2N2/c1-7-11-13-15-17-19-25-73-31-35-81(36-32-73)95-65-63-93(67-75(95)9-3)105(89-55-43-79(44-56-89)77-39-51-87(103)52-40-77)91-59-47-83(48-60-91)99-69-85-27-21-23-29-97(85)101(71(99)5)102-72(6)100(70-86-28-22-24-30-98(86)102)84-49-61-92(62-50-84)106(90-57-45-80(46-58-90)78-41-53-88(104)54-42-78)94-64-66-96(76(10-4)68-94)82-37-33-74(34-38-82)26-20-18-16-14-12-8-2/h21-24,27-70H,7-20,25-26H2,1-6H3. The molecule has 0 aromatic heterocycles. The van der Waals surface area contributed by atoms with Crippen molar-refractivity contribution in [1.29, 1.82) is 0 Å². The average molecular weight is 1510 g/mol. The van der Waals surface area contributed by atoms with Gasteiger partial charge in [0, 0.05) is 43.1 Å². The van der Waals surface area contributed by atoms with Gasteiger partial charge in [0.1, 0.15) is 0 Å². The van der Waals surface area contributed by atoms with Crippen molar-refractivity contribution < 1.29 is 0 Å². The minimum Gasteiger partial charge on any atom is -0.310 e. The molecule has 0 fully saturated rings. The van der Waals surface area contributed by atoms with E-state index in [-0.39, 0.29) is 0 Å². The van der Waals surface area contributed by atoms with Gasteiger partial charge >= 0.3 is 0 Å². The molecule has 0 unspecified atom stereocenters. The van der Waals surface area contributed by atoms with Gasteiger partial charge < -0.3 is 9.80 Å². The molecule has 0 radical (unpaired) electrons. The van der Waals surface area contributed by atoms with Gasteiger partial charge in [0.15, 0.2) is 0 Å². The zero-order valence-electron chi connectivity index (χ0n) is 62.7. The van der Waals surface area contributed by atoms with Gasteiger partial charge in [-0.3, -0.25) is 0 Å². The van der Waals surface area contributed by atoms with Crippen molar-refractivity contribution in [3.63, 3.8) is 0 Å². The Labute approximate surface area is 648 Å². The van der Waals surface area contributed by atoms with E-state index in [1.54, 1.807) is 0 Å². The summed E-state index contributed by atoms with van der Waals surface area (Å²) in [5.74, 6) is 0. The lowest BCUT2D eigenvalue weighted by Gasteiger charge is -2.27. The lowest BCUT2D eigenvalue weighted by Crippen LogP contribution is -2.10. The van der Waals surface area contributed by atoms with Crippen LogP contribution in [0.3, 0.4) is 0 Å². The number of benzene rings is 14. The van der Waals surface area contributed by atoms with E-state index in [0.717, 1.165) is 68.8 Å². The van der Waals surface area contributed by atoms with Crippen LogP contribution >= 0.6 is 31.9 Å². The smallest absolute Gasteiger partial charge is 0.0464 e. The lowest BCUT2D eigenvalue weighted by molar-refractivity contribution is 0.607. The second-order valence-electron chi connectivity index (χ2n) is 29.0. The number of rotatable bonds is 29. The van der Waals surface area contributed by atoms with Gasteiger partial charge in [0.05, 0.1) is 0 Å². The maximum atomic E-state index is 3.65. The zero-order chi connectivity index (χ0) is 72.9. The molecule has 0 bridgehead atoms. The lowest BCUT2D eigenvalue weighted by atomic mass is 9.82. The van der Waals surface area contributed by atoms with Crippen molar-refractivity contribution in [2.45, 2.75) is 144 Å². The monoisotopic (exact) mass is 1510 g/mol. The summed E-state index contributed by atoms with van der Waals surface area (Å²) >= 11 is 7.30. The molecule has 14 aromatic carbocycles. The fourth-order valence-electron chi connectivity index (χ4n) is 16.0. The molecule has 14 aromatic rings. The highest BCUT2D eigenvalue weighted by Gasteiger charge is 2.23. The molecule has 0 aliphatic rings. The largest absolute Gasteiger partial charge is 0.310 e. The van der Waals surface area contributed by atoms with Crippen LogP contribution in [-0.4, -0.2) is 0 Å². The molecule has 0 saturated heterocycles. The predicted molar refractivity (Wildman–Crippen MR) is 467 cm³/mol. The first kappa shape index (κ1) is 73.1. The van der Waals surface area contributed by atoms with Crippen LogP contribution in [0.25, 0.3) is 99.4 Å². The fourth-order valence-corrected chi connectivity index (χ4v) is 16.5. The number of hydrogen-bond donors (Lipinski definition) is 0. The first-order valence-corrected chi connectivity index (χ1v) is 40.7. The number of unbranched alkanes of at least 4 members (excludes halogenated alkanes) is 10. The second kappa shape index (κ2) is 34.6. The Morgan fingerprint density at radius 2 is 0.538 bits per heavy atom. The van der Waals surface area contributed by atoms with Gasteiger partial charge in [-0.15, -0.1) is 0 Å². The molecule has 4 heteroatoms. The van der Waals surface area contributed by atoms with Gasteiger partial charge in [0.25, 0.3) is 0 Å². The summed E-state index contributed by atoms with van der Waals surface area (Å²) < 4.78 is 2.15. The predicted octanol–water partition coefficient (Wildman–Crippen LogP) is 31.7. The highest BCUT2D eigenvalue weighted by Crippen LogP contribution is 2.48. The first-order chi connectivity index (χ1) is 52.0. The van der Waals surface area contributed by atoms with Gasteiger partial charge in [0.2, 0.25) is 0 Å². The Kier molecular flexibility index (Phi) is 23.9. The Bertz CT molecular complexity index is 4930. The van der Waals surface area contributed by atoms with Gasteiger partial charge in [-0.1, -0.05) is 306 Å². The van der Waals surface area contributed by atoms with Crippen LogP contribution in [0.2, 0.25) is 0 Å². The van der Waals surface area contributed by atoms with Gasteiger partial charge in [-0.05, 0) is 294 Å². The maximum absolute atomic E-state index is 3.65. The third kappa shape index (κ3) is 16.6. The third-order valence-electron chi connectivity index (χ3n) is 22.0. The van der Waals surface area contributed by atoms with Crippen molar-refractivity contribution in [3.05, 3.63) is 334 Å². The molecule has 0 saturated carbocycles. The molecule has 530 valence electrons. The minimum atomic E-state index is 0.917. The van der Waals surface area contributed by atoms with Gasteiger partial charge in [-0.2, -0.15) is 0 Å². The van der Waals surface area contributed by atoms with Crippen LogP contribution in [-0.2, 0) is 25.7 Å². The summed E-state index contributed by atoms with van der Waals surface area (Å²) in [6.45, 7) is 13.9. The highest BCUT2D eigenvalue weighted by molar-refractivity contribution is 9.10. The van der Waals surface area contributed by atoms with E-state index >= 15 is 0 Å². The summed E-state index contributed by atoms with van der Waals surface area (Å²) in [5, 5.41) is 4.93. The van der Waals surface area contributed by atoms with E-state index in [4.69, 9.17) is 0 Å². The topological polar surface area (TPSA) is 6.48 Å². The van der Waals surface area contributed by atoms with Crippen LogP contribution in [0.5, 0.6) is 0 Å². The second-order valence-corrected chi connectivity index (χ2v) is 30.8. The number of aryl methyl sites for hydroxylation is 4. The molecule has 106 heavy (non-hydrogen) atoms. The Hall–Kier alpha value is -9.84. The SMILES string of the molecule is CCCCCCCCc1ccc(-c2ccc(N(c3ccc(-c4ccc(Br)cc4)cc3)c3ccc(-c4cc5ccccc5c(-c5c(C)c(-c6ccc(N(c7ccc(-c8ccc(Br)cc8)cc7)c7ccc(-c8ccc(CCCCCCCC)cc8)c(CC)c7)cc6)cc6ccccc56)c4C)cc3)cc2CC)cc1. The van der Waals surface area contributed by atoms with E-state index in [1.165, 1.54) is 210 Å². The molecule has 0 heterocycles. The van der Waals surface area contributed by atoms with E-state index in [2.05, 4.69) is 374 Å². The fraction of sp³-hybridized carbons (Fsp3) is 0.216. The van der Waals surface area contributed by atoms with E-state index in [0.29, 0.717) is 0 Å². The third-order valence-corrected chi connectivity index (χ3v) is 23.0. The van der Waals surface area contributed by atoms with Crippen LogP contribution in [0.1, 0.15) is 138 Å². The molecule has 2 nitrogen and oxygen atoms in total. The number of anilines is 6. The van der Waals surface area contributed by atoms with Crippen molar-refractivity contribution in [2.75, 3.05) is 9.80 Å². The summed E-state index contributed by atoms with van der Waals surface area (Å²) in [6.07, 6.45) is 19.9. The Morgan fingerprint density at radius 1 is 0.255 bits per heavy atom. The Balaban J connectivity index is 0.806. The first-order valence-electron chi connectivity index (χ1n) is 39.1. The molecule has 14 rings (SSSR count). The molecule has 0 spiro atoms. The van der Waals surface area contributed by atoms with Crippen LogP contribution in [0.15, 0.2) is 300 Å². The quantitative estimate of drug-likeness (QED) is 0.0431. The number of fused-ring (bicyclic) bond motifs is 2. The van der Waals surface area contributed by atoms with Crippen molar-refractivity contribution in [2.24, 2.45) is 0 Å². The molecule has 0 aliphatic heterocycles. The summed E-state index contributed by atoms with van der Waals surface area (Å²) in [5.41, 5.74) is 31.9. The summed E-state index contributed by atoms with van der Waals surface area (Å²) in [6, 6.07) is 110. The molecule has 0 aliphatic carbocycles. The van der Waals surface area contributed by atoms with Crippen LogP contribution < -0.4 is 9.80 Å². The Morgan fingerprint density at radius 3 is 0.877 bits per heavy atom. The summed E-state index contributed by atoms with van der Waals surface area (Å²) in [4.78, 5) is 4.87. The highest BCUT2D eigenvalue weighted by atomic mass is 79.9. The van der Waals surface area contributed by atoms with Crippen molar-refractivity contribution in [3.8, 4) is 77.9 Å². The summed E-state index contributed by atoms with van der Waals surface area (Å²) in [7, 11) is 0. The number of halogens is 2. The normalized spacial score (nSPS) is 11.4. The zero-order valence-corrected chi connectivity index (χ0v) is 65.8. The number of hydrogen-bond acceptors (Lipinski definition) is 2. The molecule has 0 N–H and O–H groups in total. The van der Waals surface area contributed by atoms with Crippen molar-refractivity contribution in [1.82, 2.24) is 0 Å². The van der Waals surface area contributed by atoms with Crippen LogP contribution in [0, 0.1) is 13.8 Å². The molecular weight excluding hydrogens is 1410 g/mol. The van der Waals surface area contributed by atoms with E-state index in [1.807, 2.05) is 0 Å². The van der Waals surface area contributed by atoms with Gasteiger partial charge in [-0.25, -0.2) is 0 Å². The average Bonchev–Trinajstić information content (AvgIpc) is 0.743. The minimum absolute atomic E-state index is 0.917. The molecular formula is C102H98Br2N2. The van der Waals surface area contributed by atoms with Crippen LogP contribution in [0.4, 0.5) is 34.1 Å². The number of nitrogens with zero attached hydrogens (tertiary/aromatic N) is 2. The molecule has 0 amide bonds. The molecule has 0 atom stereocenters. The van der Waals surface area contributed by atoms with E-state index < -0.39 is 0 Å². The van der Waals surface area contributed by atoms with E-state index in [9.17, 15) is 0 Å².